The molecule has 1 aliphatic heterocycles. The molecule has 0 bridgehead atoms. The molecule has 1 saturated heterocycles. The Morgan fingerprint density at radius 1 is 1.23 bits per heavy atom. The average Bonchev–Trinajstić information content (AvgIpc) is 3.45. The number of aryl methyl sites for hydroxylation is 1. The lowest BCUT2D eigenvalue weighted by atomic mass is 9.88. The van der Waals surface area contributed by atoms with Crippen LogP contribution in [-0.4, -0.2) is 53.7 Å². The third kappa shape index (κ3) is 9.90. The molecule has 1 aromatic carbocycles. The lowest BCUT2D eigenvalue weighted by Gasteiger charge is -2.25. The van der Waals surface area contributed by atoms with Gasteiger partial charge in [-0.3, -0.25) is 14.5 Å². The number of likely N-dealkylation sites (tertiary alicyclic amines) is 1. The van der Waals surface area contributed by atoms with E-state index >= 15 is 0 Å². The largest absolute Gasteiger partial charge is 0.351 e. The van der Waals surface area contributed by atoms with Crippen LogP contribution in [0, 0.1) is 12.3 Å². The highest BCUT2D eigenvalue weighted by Crippen LogP contribution is 2.27. The summed E-state index contributed by atoms with van der Waals surface area (Å²) >= 11 is 1.66. The van der Waals surface area contributed by atoms with Crippen LogP contribution in [0.2, 0.25) is 0 Å². The lowest BCUT2D eigenvalue weighted by Crippen LogP contribution is -2.43. The molecular weight excluding hydrogens is 460 g/mol. The predicted octanol–water partition coefficient (Wildman–Crippen LogP) is 4.59. The molecule has 0 aliphatic carbocycles. The molecule has 2 amide bonds. The number of benzene rings is 1. The zero-order valence-electron chi connectivity index (χ0n) is 22.5. The van der Waals surface area contributed by atoms with Crippen LogP contribution in [0.5, 0.6) is 0 Å². The molecule has 1 aliphatic rings. The molecule has 35 heavy (non-hydrogen) atoms. The average molecular weight is 503 g/mol. The highest BCUT2D eigenvalue weighted by atomic mass is 32.1. The van der Waals surface area contributed by atoms with Crippen LogP contribution in [0.3, 0.4) is 0 Å². The van der Waals surface area contributed by atoms with E-state index in [9.17, 15) is 14.4 Å². The predicted molar refractivity (Wildman–Crippen MR) is 144 cm³/mol. The normalized spacial score (nSPS) is 16.2. The van der Waals surface area contributed by atoms with E-state index in [0.717, 1.165) is 36.9 Å². The maximum Gasteiger partial charge on any atom is 0.237 e. The summed E-state index contributed by atoms with van der Waals surface area (Å²) in [5.74, 6) is -0.0283. The van der Waals surface area contributed by atoms with Gasteiger partial charge in [-0.1, -0.05) is 58.9 Å². The second-order valence-corrected chi connectivity index (χ2v) is 10.4. The minimum absolute atomic E-state index is 0.0408. The van der Waals surface area contributed by atoms with Gasteiger partial charge in [-0.25, -0.2) is 4.98 Å². The lowest BCUT2D eigenvalue weighted by molar-refractivity contribution is -0.125. The van der Waals surface area contributed by atoms with Crippen molar-refractivity contribution in [2.75, 3.05) is 13.6 Å². The molecule has 2 atom stereocenters. The van der Waals surface area contributed by atoms with Crippen LogP contribution in [0.25, 0.3) is 10.4 Å². The number of amides is 2. The Balaban J connectivity index is 0.000000401. The Labute approximate surface area is 214 Å². The molecule has 0 radical (unpaired) electrons. The van der Waals surface area contributed by atoms with Crippen LogP contribution in [-0.2, 0) is 20.9 Å². The third-order valence-electron chi connectivity index (χ3n) is 5.68. The van der Waals surface area contributed by atoms with Gasteiger partial charge in [0.1, 0.15) is 6.29 Å². The molecule has 8 heteroatoms. The molecule has 0 spiro atoms. The van der Waals surface area contributed by atoms with E-state index in [0.29, 0.717) is 6.54 Å². The molecule has 2 heterocycles. The van der Waals surface area contributed by atoms with Crippen molar-refractivity contribution in [3.8, 4) is 10.4 Å². The minimum Gasteiger partial charge on any atom is -0.351 e. The molecule has 0 saturated carbocycles. The summed E-state index contributed by atoms with van der Waals surface area (Å²) in [6, 6.07) is 8.01. The minimum atomic E-state index is -0.389. The van der Waals surface area contributed by atoms with Gasteiger partial charge in [0.2, 0.25) is 11.8 Å². The summed E-state index contributed by atoms with van der Waals surface area (Å²) in [5, 5.41) is 5.61. The number of carbonyl (C=O) groups excluding carboxylic acids is 3. The third-order valence-corrected chi connectivity index (χ3v) is 6.66. The van der Waals surface area contributed by atoms with E-state index in [1.807, 2.05) is 54.1 Å². The van der Waals surface area contributed by atoms with E-state index < -0.39 is 0 Å². The number of rotatable bonds is 6. The van der Waals surface area contributed by atoms with Crippen molar-refractivity contribution in [3.63, 3.8) is 0 Å². The van der Waals surface area contributed by atoms with E-state index in [-0.39, 0.29) is 29.3 Å². The monoisotopic (exact) mass is 502 g/mol. The first-order chi connectivity index (χ1) is 16.5. The fourth-order valence-electron chi connectivity index (χ4n) is 3.58. The van der Waals surface area contributed by atoms with Crippen LogP contribution >= 0.6 is 11.3 Å². The number of nitrogens with one attached hydrogen (secondary N) is 2. The maximum atomic E-state index is 12.2. The fraction of sp³-hybridized carbons (Fsp3) is 0.556. The number of aromatic nitrogens is 1. The first kappa shape index (κ1) is 30.5. The van der Waals surface area contributed by atoms with Crippen molar-refractivity contribution < 1.29 is 14.4 Å². The molecule has 2 N–H and O–H groups in total. The van der Waals surface area contributed by atoms with Crippen LogP contribution in [0.4, 0.5) is 0 Å². The summed E-state index contributed by atoms with van der Waals surface area (Å²) in [6.45, 7) is 14.7. The van der Waals surface area contributed by atoms with Gasteiger partial charge >= 0.3 is 0 Å². The summed E-state index contributed by atoms with van der Waals surface area (Å²) in [5.41, 5.74) is 5.05. The number of hydrogen-bond acceptors (Lipinski definition) is 6. The number of likely N-dealkylation sites (N-methyl/N-ethyl adjacent to an activating group) is 1. The maximum absolute atomic E-state index is 12.2. The van der Waals surface area contributed by atoms with Gasteiger partial charge in [0, 0.05) is 13.5 Å². The van der Waals surface area contributed by atoms with Crippen molar-refractivity contribution in [1.29, 1.82) is 0 Å². The summed E-state index contributed by atoms with van der Waals surface area (Å²) in [4.78, 5) is 40.9. The van der Waals surface area contributed by atoms with Gasteiger partial charge in [-0.2, -0.15) is 0 Å². The van der Waals surface area contributed by atoms with Crippen molar-refractivity contribution in [2.24, 2.45) is 5.41 Å². The molecule has 7 nitrogen and oxygen atoms in total. The van der Waals surface area contributed by atoms with Gasteiger partial charge in [-0.15, -0.1) is 11.3 Å². The Kier molecular flexibility index (Phi) is 12.8. The van der Waals surface area contributed by atoms with Gasteiger partial charge in [0.25, 0.3) is 0 Å². The van der Waals surface area contributed by atoms with Crippen molar-refractivity contribution in [2.45, 2.75) is 79.9 Å². The molecule has 3 rings (SSSR count). The SMILES string of the molecule is CC.CC(=O)NC(C=O)C(C)(C)C.Cc1ncsc1-c1ccc(CNC(=O)C2CCCN2C)cc1. The number of carbonyl (C=O) groups is 3. The van der Waals surface area contributed by atoms with Crippen molar-refractivity contribution >= 4 is 29.4 Å². The number of nitrogens with zero attached hydrogens (tertiary/aromatic N) is 2. The topological polar surface area (TPSA) is 91.4 Å². The van der Waals surface area contributed by atoms with E-state index in [1.165, 1.54) is 17.4 Å². The first-order valence-corrected chi connectivity index (χ1v) is 13.1. The number of aldehydes is 1. The number of thiazole rings is 1. The number of hydrogen-bond donors (Lipinski definition) is 2. The highest BCUT2D eigenvalue weighted by molar-refractivity contribution is 7.13. The van der Waals surface area contributed by atoms with E-state index in [1.54, 1.807) is 11.3 Å². The smallest absolute Gasteiger partial charge is 0.237 e. The second-order valence-electron chi connectivity index (χ2n) is 9.50. The van der Waals surface area contributed by atoms with Crippen molar-refractivity contribution in [1.82, 2.24) is 20.5 Å². The Morgan fingerprint density at radius 3 is 2.26 bits per heavy atom. The van der Waals surface area contributed by atoms with Crippen LogP contribution in [0.1, 0.15) is 65.6 Å². The molecule has 2 unspecified atom stereocenters. The zero-order chi connectivity index (χ0) is 26.6. The first-order valence-electron chi connectivity index (χ1n) is 12.2. The second kappa shape index (κ2) is 14.7. The highest BCUT2D eigenvalue weighted by Gasteiger charge is 2.27. The Hall–Kier alpha value is -2.58. The van der Waals surface area contributed by atoms with Gasteiger partial charge in [-0.05, 0) is 49.9 Å². The summed E-state index contributed by atoms with van der Waals surface area (Å²) in [7, 11) is 2.02. The van der Waals surface area contributed by atoms with Crippen LogP contribution in [0.15, 0.2) is 29.8 Å². The summed E-state index contributed by atoms with van der Waals surface area (Å²) < 4.78 is 0. The Morgan fingerprint density at radius 2 is 1.86 bits per heavy atom. The van der Waals surface area contributed by atoms with E-state index in [2.05, 4.69) is 44.8 Å². The molecule has 1 aromatic heterocycles. The van der Waals surface area contributed by atoms with Gasteiger partial charge in [0.05, 0.1) is 28.2 Å². The molecule has 1 fully saturated rings. The summed E-state index contributed by atoms with van der Waals surface area (Å²) in [6.07, 6.45) is 2.84. The molecule has 194 valence electrons. The molecule has 2 aromatic rings. The quantitative estimate of drug-likeness (QED) is 0.564. The van der Waals surface area contributed by atoms with Crippen molar-refractivity contribution in [3.05, 3.63) is 41.0 Å². The Bertz CT molecular complexity index is 935. The zero-order valence-corrected chi connectivity index (χ0v) is 23.3. The van der Waals surface area contributed by atoms with E-state index in [4.69, 9.17) is 0 Å². The fourth-order valence-corrected chi connectivity index (χ4v) is 4.39. The van der Waals surface area contributed by atoms with Crippen LogP contribution < -0.4 is 10.6 Å². The molecular formula is C27H42N4O3S. The van der Waals surface area contributed by atoms with Gasteiger partial charge < -0.3 is 15.4 Å². The standard InChI is InChI=1S/C17H21N3OS.C8H15NO2.C2H6/c1-12-16(22-11-19-12)14-7-5-13(6-8-14)10-18-17(21)15-4-3-9-20(15)2;1-6(11)9-7(5-10)8(2,3)4;1-2/h5-8,11,15H,3-4,9-10H2,1-2H3,(H,18,21);5,7H,1-4H3,(H,9,11);1-2H3. The van der Waals surface area contributed by atoms with Gasteiger partial charge in [0.15, 0.2) is 0 Å².